The molecule has 2 aromatic heterocycles. The predicted molar refractivity (Wildman–Crippen MR) is 122 cm³/mol. The Morgan fingerprint density at radius 3 is 2.82 bits per heavy atom. The Morgan fingerprint density at radius 1 is 1.38 bits per heavy atom. The van der Waals surface area contributed by atoms with Gasteiger partial charge < -0.3 is 36.2 Å². The highest BCUT2D eigenvalue weighted by atomic mass is 16.5. The lowest BCUT2D eigenvalue weighted by Gasteiger charge is -2.21. The molecule has 0 fully saturated rings. The number of ether oxygens (including phenoxy) is 1. The first-order valence-electron chi connectivity index (χ1n) is 10.4. The Kier molecular flexibility index (Phi) is 5.96. The molecular weight excluding hydrogens is 442 g/mol. The largest absolute Gasteiger partial charge is 0.458 e. The Balaban J connectivity index is 1.71. The highest BCUT2D eigenvalue weighted by Gasteiger charge is 2.34. The van der Waals surface area contributed by atoms with Gasteiger partial charge >= 0.3 is 5.97 Å². The van der Waals surface area contributed by atoms with E-state index in [0.717, 1.165) is 5.56 Å². The summed E-state index contributed by atoms with van der Waals surface area (Å²) < 4.78 is 6.43. The summed E-state index contributed by atoms with van der Waals surface area (Å²) in [5.41, 5.74) is 14.0. The average Bonchev–Trinajstić information content (AvgIpc) is 3.16. The summed E-state index contributed by atoms with van der Waals surface area (Å²) in [4.78, 5) is 40.8. The number of aliphatic hydroxyl groups excluding tert-OH is 1. The molecule has 0 spiro atoms. The van der Waals surface area contributed by atoms with Crippen LogP contribution in [-0.4, -0.2) is 44.6 Å². The van der Waals surface area contributed by atoms with Crippen LogP contribution in [0.4, 0.5) is 0 Å². The van der Waals surface area contributed by atoms with Gasteiger partial charge in [-0.1, -0.05) is 13.2 Å². The number of fused-ring (bicyclic) bond motifs is 4. The molecule has 1 unspecified atom stereocenters. The number of esters is 1. The van der Waals surface area contributed by atoms with Crippen LogP contribution in [0.1, 0.15) is 28.4 Å². The van der Waals surface area contributed by atoms with Gasteiger partial charge in [0, 0.05) is 23.0 Å². The monoisotopic (exact) mass is 467 g/mol. The van der Waals surface area contributed by atoms with E-state index in [2.05, 4.69) is 23.5 Å². The molecule has 0 aromatic carbocycles. The van der Waals surface area contributed by atoms with Crippen molar-refractivity contribution in [2.75, 3.05) is 13.1 Å². The molecule has 4 rings (SSSR count). The van der Waals surface area contributed by atoms with Gasteiger partial charge in [-0.25, -0.2) is 15.6 Å². The van der Waals surface area contributed by atoms with Gasteiger partial charge in [-0.15, -0.1) is 0 Å². The number of hydrazine groups is 1. The summed E-state index contributed by atoms with van der Waals surface area (Å²) >= 11 is 0. The molecule has 4 heterocycles. The number of pyridine rings is 2. The van der Waals surface area contributed by atoms with Crippen molar-refractivity contribution in [3.8, 4) is 11.4 Å². The number of hydrogen-bond donors (Lipinski definition) is 5. The maximum absolute atomic E-state index is 13.1. The van der Waals surface area contributed by atoms with Crippen LogP contribution >= 0.6 is 0 Å². The van der Waals surface area contributed by atoms with E-state index in [9.17, 15) is 19.5 Å². The fourth-order valence-corrected chi connectivity index (χ4v) is 4.06. The minimum absolute atomic E-state index is 0.0749. The van der Waals surface area contributed by atoms with E-state index in [1.807, 2.05) is 0 Å². The van der Waals surface area contributed by atoms with E-state index in [1.165, 1.54) is 15.8 Å². The number of nitrogens with zero attached hydrogens (tertiary/aromatic N) is 3. The van der Waals surface area contributed by atoms with E-state index < -0.39 is 12.1 Å². The first kappa shape index (κ1) is 23.2. The number of aromatic nitrogens is 2. The van der Waals surface area contributed by atoms with Gasteiger partial charge in [0.05, 0.1) is 48.5 Å². The van der Waals surface area contributed by atoms with Crippen molar-refractivity contribution < 1.29 is 19.4 Å². The summed E-state index contributed by atoms with van der Waals surface area (Å²) in [5, 5.41) is 15.1. The fourth-order valence-electron chi connectivity index (χ4n) is 4.06. The van der Waals surface area contributed by atoms with Crippen molar-refractivity contribution >= 4 is 25.0 Å². The molecule has 0 aliphatic carbocycles. The molecular formula is C22H25N7O5. The second-order valence-corrected chi connectivity index (χ2v) is 8.06. The van der Waals surface area contributed by atoms with Crippen molar-refractivity contribution in [3.05, 3.63) is 61.1 Å². The summed E-state index contributed by atoms with van der Waals surface area (Å²) in [6.07, 6.45) is -0.0671. The molecule has 2 aliphatic rings. The van der Waals surface area contributed by atoms with Gasteiger partial charge in [0.15, 0.2) is 6.10 Å². The molecule has 34 heavy (non-hydrogen) atoms. The Hall–Kier alpha value is -4.00. The summed E-state index contributed by atoms with van der Waals surface area (Å²) in [5.74, 6) is 4.99. The van der Waals surface area contributed by atoms with E-state index in [0.29, 0.717) is 33.2 Å². The van der Waals surface area contributed by atoms with Gasteiger partial charge in [-0.2, -0.15) is 0 Å². The zero-order valence-corrected chi connectivity index (χ0v) is 18.3. The smallest absolute Gasteiger partial charge is 0.340 e. The lowest BCUT2D eigenvalue weighted by molar-refractivity contribution is -0.157. The Morgan fingerprint density at radius 2 is 2.12 bits per heavy atom. The third kappa shape index (κ3) is 3.94. The molecule has 0 saturated carbocycles. The van der Waals surface area contributed by atoms with Crippen molar-refractivity contribution in [1.29, 1.82) is 0 Å². The molecule has 0 saturated heterocycles. The van der Waals surface area contributed by atoms with Crippen molar-refractivity contribution in [2.24, 2.45) is 17.3 Å². The molecule has 12 nitrogen and oxygen atoms in total. The topological polar surface area (TPSA) is 192 Å². The number of amides is 1. The van der Waals surface area contributed by atoms with Crippen LogP contribution in [0.2, 0.25) is 0 Å². The number of nitrogens with two attached hydrogens (primary N) is 3. The third-order valence-electron chi connectivity index (χ3n) is 5.83. The second kappa shape index (κ2) is 8.74. The van der Waals surface area contributed by atoms with E-state index in [4.69, 9.17) is 22.0 Å². The van der Waals surface area contributed by atoms with Crippen LogP contribution < -0.4 is 38.8 Å². The predicted octanol–water partition coefficient (Wildman–Crippen LogP) is -3.27. The van der Waals surface area contributed by atoms with Crippen LogP contribution in [0.5, 0.6) is 0 Å². The molecule has 12 heteroatoms. The lowest BCUT2D eigenvalue weighted by atomic mass is 10.00. The number of cyclic esters (lactones) is 1. The molecule has 8 N–H and O–H groups in total. The highest BCUT2D eigenvalue weighted by Crippen LogP contribution is 2.33. The first-order chi connectivity index (χ1) is 16.1. The van der Waals surface area contributed by atoms with Crippen molar-refractivity contribution in [2.45, 2.75) is 25.8 Å². The summed E-state index contributed by atoms with van der Waals surface area (Å²) in [6.45, 7) is 8.10. The number of rotatable bonds is 6. The van der Waals surface area contributed by atoms with Crippen LogP contribution in [0.3, 0.4) is 0 Å². The fraction of sp³-hybridized carbons (Fsp3) is 0.273. The molecule has 1 amide bonds. The quantitative estimate of drug-likeness (QED) is 0.140. The molecule has 178 valence electrons. The van der Waals surface area contributed by atoms with Gasteiger partial charge in [0.25, 0.3) is 5.56 Å². The van der Waals surface area contributed by atoms with Gasteiger partial charge in [-0.3, -0.25) is 9.59 Å². The molecule has 1 atom stereocenters. The Labute approximate surface area is 193 Å². The zero-order chi connectivity index (χ0) is 24.7. The molecule has 0 bridgehead atoms. The number of carbonyl (C=O) groups excluding carboxylic acids is 2. The van der Waals surface area contributed by atoms with E-state index in [1.54, 1.807) is 6.07 Å². The maximum Gasteiger partial charge on any atom is 0.340 e. The summed E-state index contributed by atoms with van der Waals surface area (Å²) in [6, 6.07) is 1.59. The van der Waals surface area contributed by atoms with Crippen molar-refractivity contribution in [1.82, 2.24) is 19.9 Å². The maximum atomic E-state index is 13.1. The van der Waals surface area contributed by atoms with Crippen LogP contribution in [0.15, 0.2) is 22.8 Å². The minimum Gasteiger partial charge on any atom is -0.458 e. The van der Waals surface area contributed by atoms with Crippen LogP contribution in [0, 0.1) is 0 Å². The molecule has 2 aliphatic heterocycles. The standard InChI is InChI=1S/C22H25N7O5/c1-10-11(2)27-19-15(14(10)7-28(25)6-12(24)5-26-18(30)4-23)8-29-17(19)3-13-16(21(29)32)9-34-22(33)20(13)31/h3,6,20,31H,1-2,4-5,7-9,23-25H2,(H,26,30)/b12-6-. The lowest BCUT2D eigenvalue weighted by Crippen LogP contribution is -2.37. The number of aliphatic hydroxyl groups is 1. The number of hydrogen-bond acceptors (Lipinski definition) is 10. The van der Waals surface area contributed by atoms with Crippen LogP contribution in [0.25, 0.3) is 24.5 Å². The van der Waals surface area contributed by atoms with Gasteiger partial charge in [-0.05, 0) is 16.8 Å². The van der Waals surface area contributed by atoms with E-state index in [-0.39, 0.29) is 55.4 Å². The normalized spacial score (nSPS) is 16.4. The molecule has 2 aromatic rings. The number of nitrogens with one attached hydrogen (secondary N) is 1. The Bertz CT molecular complexity index is 1400. The highest BCUT2D eigenvalue weighted by molar-refractivity contribution is 5.79. The summed E-state index contributed by atoms with van der Waals surface area (Å²) in [7, 11) is 0. The third-order valence-corrected chi connectivity index (χ3v) is 5.83. The van der Waals surface area contributed by atoms with Gasteiger partial charge in [0.2, 0.25) is 5.91 Å². The average molecular weight is 467 g/mol. The number of carbonyl (C=O) groups is 2. The minimum atomic E-state index is -1.54. The SMILES string of the molecule is C=c1nc2c(c(CN(N)/C=C(\N)CNC(=O)CN)c1=C)Cn1c-2cc2c(c1=O)COC(=O)C2O. The molecule has 0 radical (unpaired) electrons. The first-order valence-corrected chi connectivity index (χ1v) is 10.4. The van der Waals surface area contributed by atoms with Crippen LogP contribution in [-0.2, 0) is 34.0 Å². The van der Waals surface area contributed by atoms with Crippen molar-refractivity contribution in [3.63, 3.8) is 0 Å². The zero-order valence-electron chi connectivity index (χ0n) is 18.3. The van der Waals surface area contributed by atoms with Gasteiger partial charge in [0.1, 0.15) is 6.61 Å². The van der Waals surface area contributed by atoms with E-state index >= 15 is 0 Å². The second-order valence-electron chi connectivity index (χ2n) is 8.06.